The van der Waals surface area contributed by atoms with E-state index in [1.54, 1.807) is 6.07 Å². The SMILES string of the molecule is COC(=O)c1ccc(NC(=O)COC(=O)c2cc3cc(F)ccc3s2)cc1. The molecule has 138 valence electrons. The second-order valence-corrected chi connectivity index (χ2v) is 6.57. The van der Waals surface area contributed by atoms with Crippen molar-refractivity contribution in [3.8, 4) is 0 Å². The summed E-state index contributed by atoms with van der Waals surface area (Å²) in [5.41, 5.74) is 0.796. The van der Waals surface area contributed by atoms with E-state index in [1.165, 1.54) is 49.6 Å². The molecular formula is C19H14FNO5S. The van der Waals surface area contributed by atoms with Crippen molar-refractivity contribution in [2.45, 2.75) is 0 Å². The van der Waals surface area contributed by atoms with Gasteiger partial charge in [0.15, 0.2) is 6.61 Å². The molecule has 1 heterocycles. The maximum absolute atomic E-state index is 13.2. The Morgan fingerprint density at radius 3 is 2.48 bits per heavy atom. The summed E-state index contributed by atoms with van der Waals surface area (Å²) in [4.78, 5) is 35.6. The van der Waals surface area contributed by atoms with Crippen LogP contribution in [0.4, 0.5) is 10.1 Å². The molecule has 0 bridgehead atoms. The highest BCUT2D eigenvalue weighted by Crippen LogP contribution is 2.26. The molecule has 0 fully saturated rings. The number of rotatable bonds is 5. The number of halogens is 1. The topological polar surface area (TPSA) is 81.7 Å². The van der Waals surface area contributed by atoms with Gasteiger partial charge in [-0.15, -0.1) is 11.3 Å². The number of carbonyl (C=O) groups excluding carboxylic acids is 3. The lowest BCUT2D eigenvalue weighted by Gasteiger charge is -2.06. The summed E-state index contributed by atoms with van der Waals surface area (Å²) in [7, 11) is 1.28. The van der Waals surface area contributed by atoms with Crippen LogP contribution in [0.2, 0.25) is 0 Å². The van der Waals surface area contributed by atoms with E-state index >= 15 is 0 Å². The Morgan fingerprint density at radius 1 is 1.04 bits per heavy atom. The second kappa shape index (κ2) is 7.96. The molecule has 1 N–H and O–H groups in total. The third-order valence-corrected chi connectivity index (χ3v) is 4.70. The van der Waals surface area contributed by atoms with E-state index in [9.17, 15) is 18.8 Å². The zero-order valence-electron chi connectivity index (χ0n) is 14.2. The molecule has 2 aromatic carbocycles. The summed E-state index contributed by atoms with van der Waals surface area (Å²) in [6.07, 6.45) is 0. The lowest BCUT2D eigenvalue weighted by molar-refractivity contribution is -0.119. The van der Waals surface area contributed by atoms with Gasteiger partial charge in [0.05, 0.1) is 12.7 Å². The Hall–Kier alpha value is -3.26. The number of esters is 2. The van der Waals surface area contributed by atoms with Gasteiger partial charge in [0.2, 0.25) is 0 Å². The van der Waals surface area contributed by atoms with Crippen LogP contribution in [0.5, 0.6) is 0 Å². The zero-order valence-corrected chi connectivity index (χ0v) is 15.0. The highest BCUT2D eigenvalue weighted by atomic mass is 32.1. The molecule has 0 aliphatic heterocycles. The number of anilines is 1. The van der Waals surface area contributed by atoms with E-state index < -0.39 is 30.3 Å². The van der Waals surface area contributed by atoms with Gasteiger partial charge < -0.3 is 14.8 Å². The van der Waals surface area contributed by atoms with Crippen molar-refractivity contribution in [1.82, 2.24) is 0 Å². The number of ether oxygens (including phenoxy) is 2. The van der Waals surface area contributed by atoms with Crippen molar-refractivity contribution in [1.29, 1.82) is 0 Å². The van der Waals surface area contributed by atoms with E-state index in [1.807, 2.05) is 0 Å². The number of carbonyl (C=O) groups is 3. The number of thiophene rings is 1. The minimum absolute atomic E-state index is 0.283. The van der Waals surface area contributed by atoms with Gasteiger partial charge in [0, 0.05) is 10.4 Å². The summed E-state index contributed by atoms with van der Waals surface area (Å²) in [5, 5.41) is 3.15. The van der Waals surface area contributed by atoms with Crippen LogP contribution < -0.4 is 5.32 Å². The van der Waals surface area contributed by atoms with Crippen molar-refractivity contribution in [3.63, 3.8) is 0 Å². The zero-order chi connectivity index (χ0) is 19.4. The average Bonchev–Trinajstić information content (AvgIpc) is 3.09. The number of benzene rings is 2. The lowest BCUT2D eigenvalue weighted by Crippen LogP contribution is -2.20. The standard InChI is InChI=1S/C19H14FNO5S/c1-25-18(23)11-2-5-14(6-3-11)21-17(22)10-26-19(24)16-9-12-8-13(20)4-7-15(12)27-16/h2-9H,10H2,1H3,(H,21,22). The molecule has 0 unspecified atom stereocenters. The van der Waals surface area contributed by atoms with Crippen LogP contribution in [-0.4, -0.2) is 31.6 Å². The third kappa shape index (κ3) is 4.48. The lowest BCUT2D eigenvalue weighted by atomic mass is 10.2. The Balaban J connectivity index is 1.56. The fourth-order valence-corrected chi connectivity index (χ4v) is 3.26. The number of amides is 1. The number of nitrogens with one attached hydrogen (secondary N) is 1. The highest BCUT2D eigenvalue weighted by molar-refractivity contribution is 7.20. The van der Waals surface area contributed by atoms with Crippen molar-refractivity contribution < 1.29 is 28.2 Å². The monoisotopic (exact) mass is 387 g/mol. The number of hydrogen-bond acceptors (Lipinski definition) is 6. The summed E-state index contributed by atoms with van der Waals surface area (Å²) in [5.74, 6) is -2.06. The number of methoxy groups -OCH3 is 1. The molecule has 0 radical (unpaired) electrons. The Kier molecular flexibility index (Phi) is 5.46. The largest absolute Gasteiger partial charge is 0.465 e. The average molecular weight is 387 g/mol. The van der Waals surface area contributed by atoms with Gasteiger partial charge in [-0.25, -0.2) is 14.0 Å². The molecule has 0 saturated carbocycles. The first-order valence-corrected chi connectivity index (χ1v) is 8.62. The quantitative estimate of drug-likeness (QED) is 0.676. The first-order valence-electron chi connectivity index (χ1n) is 7.81. The summed E-state index contributed by atoms with van der Waals surface area (Å²) in [6.45, 7) is -0.472. The van der Waals surface area contributed by atoms with Gasteiger partial charge in [-0.1, -0.05) is 0 Å². The van der Waals surface area contributed by atoms with E-state index in [0.717, 1.165) is 16.0 Å². The van der Waals surface area contributed by atoms with Crippen molar-refractivity contribution >= 4 is 45.0 Å². The maximum atomic E-state index is 13.2. The fourth-order valence-electron chi connectivity index (χ4n) is 2.32. The van der Waals surface area contributed by atoms with Crippen LogP contribution in [0.3, 0.4) is 0 Å². The molecule has 0 spiro atoms. The fraction of sp³-hybridized carbons (Fsp3) is 0.105. The van der Waals surface area contributed by atoms with Crippen LogP contribution >= 0.6 is 11.3 Å². The molecule has 3 rings (SSSR count). The first-order chi connectivity index (χ1) is 13.0. The number of hydrogen-bond donors (Lipinski definition) is 1. The van der Waals surface area contributed by atoms with Crippen LogP contribution in [0.25, 0.3) is 10.1 Å². The van der Waals surface area contributed by atoms with Gasteiger partial charge >= 0.3 is 11.9 Å². The summed E-state index contributed by atoms with van der Waals surface area (Å²) < 4.78 is 23.5. The van der Waals surface area contributed by atoms with Crippen molar-refractivity contribution in [2.75, 3.05) is 19.0 Å². The summed E-state index contributed by atoms with van der Waals surface area (Å²) in [6, 6.07) is 11.8. The molecule has 0 saturated heterocycles. The van der Waals surface area contributed by atoms with Gasteiger partial charge in [-0.2, -0.15) is 0 Å². The Bertz CT molecular complexity index is 1010. The minimum Gasteiger partial charge on any atom is -0.465 e. The van der Waals surface area contributed by atoms with Gasteiger partial charge in [0.1, 0.15) is 10.7 Å². The minimum atomic E-state index is -0.659. The predicted molar refractivity (Wildman–Crippen MR) is 98.5 cm³/mol. The van der Waals surface area contributed by atoms with E-state index in [2.05, 4.69) is 10.1 Å². The van der Waals surface area contributed by atoms with Crippen LogP contribution in [-0.2, 0) is 14.3 Å². The van der Waals surface area contributed by atoms with Crippen LogP contribution in [0, 0.1) is 5.82 Å². The molecule has 0 aliphatic carbocycles. The normalized spacial score (nSPS) is 10.4. The van der Waals surface area contributed by atoms with Gasteiger partial charge in [0.25, 0.3) is 5.91 Å². The molecule has 1 amide bonds. The number of fused-ring (bicyclic) bond motifs is 1. The summed E-state index contributed by atoms with van der Waals surface area (Å²) >= 11 is 1.16. The van der Waals surface area contributed by atoms with E-state index in [4.69, 9.17) is 4.74 Å². The molecule has 1 aromatic heterocycles. The highest BCUT2D eigenvalue weighted by Gasteiger charge is 2.14. The first kappa shape index (κ1) is 18.5. The molecular weight excluding hydrogens is 373 g/mol. The third-order valence-electron chi connectivity index (χ3n) is 3.60. The Labute approximate surface area is 157 Å². The molecule has 8 heteroatoms. The van der Waals surface area contributed by atoms with E-state index in [-0.39, 0.29) is 4.88 Å². The maximum Gasteiger partial charge on any atom is 0.348 e. The smallest absolute Gasteiger partial charge is 0.348 e. The molecule has 6 nitrogen and oxygen atoms in total. The van der Waals surface area contributed by atoms with Crippen LogP contribution in [0.15, 0.2) is 48.5 Å². The molecule has 0 atom stereocenters. The van der Waals surface area contributed by atoms with Gasteiger partial charge in [-0.05, 0) is 53.9 Å². The van der Waals surface area contributed by atoms with E-state index in [0.29, 0.717) is 16.6 Å². The molecule has 3 aromatic rings. The predicted octanol–water partition coefficient (Wildman–Crippen LogP) is 3.62. The van der Waals surface area contributed by atoms with Crippen molar-refractivity contribution in [3.05, 3.63) is 64.8 Å². The van der Waals surface area contributed by atoms with Crippen LogP contribution in [0.1, 0.15) is 20.0 Å². The second-order valence-electron chi connectivity index (χ2n) is 5.49. The molecule has 0 aliphatic rings. The Morgan fingerprint density at radius 2 is 1.78 bits per heavy atom. The van der Waals surface area contributed by atoms with Gasteiger partial charge in [-0.3, -0.25) is 4.79 Å². The van der Waals surface area contributed by atoms with Crippen molar-refractivity contribution in [2.24, 2.45) is 0 Å². The molecule has 27 heavy (non-hydrogen) atoms.